The van der Waals surface area contributed by atoms with Gasteiger partial charge >= 0.3 is 0 Å². The third-order valence-corrected chi connectivity index (χ3v) is 3.98. The van der Waals surface area contributed by atoms with Crippen molar-refractivity contribution in [1.82, 2.24) is 0 Å². The Bertz CT molecular complexity index is 483. The first kappa shape index (κ1) is 12.3. The Kier molecular flexibility index (Phi) is 2.61. The van der Waals surface area contributed by atoms with E-state index in [1.807, 2.05) is 20.8 Å². The van der Waals surface area contributed by atoms with Crippen molar-refractivity contribution in [1.29, 1.82) is 10.5 Å². The van der Waals surface area contributed by atoms with Gasteiger partial charge in [0.25, 0.3) is 0 Å². The van der Waals surface area contributed by atoms with Crippen LogP contribution >= 0.6 is 0 Å². The Morgan fingerprint density at radius 1 is 1.06 bits per heavy atom. The van der Waals surface area contributed by atoms with Crippen LogP contribution in [0.25, 0.3) is 0 Å². The maximum absolute atomic E-state index is 10.1. The van der Waals surface area contributed by atoms with E-state index in [9.17, 15) is 15.6 Å². The van der Waals surface area contributed by atoms with Crippen LogP contribution in [0.1, 0.15) is 34.6 Å². The van der Waals surface area contributed by atoms with Crippen molar-refractivity contribution in [3.8, 4) is 12.1 Å². The van der Waals surface area contributed by atoms with Crippen LogP contribution in [0.15, 0.2) is 22.5 Å². The summed E-state index contributed by atoms with van der Waals surface area (Å²) in [5.41, 5.74) is 0.274. The van der Waals surface area contributed by atoms with Crippen molar-refractivity contribution in [2.45, 2.75) is 34.6 Å². The molecule has 3 nitrogen and oxygen atoms in total. The van der Waals surface area contributed by atoms with Gasteiger partial charge in [-0.15, -0.1) is 0 Å². The Morgan fingerprint density at radius 3 is 1.94 bits per heavy atom. The minimum Gasteiger partial charge on any atom is -0.510 e. The van der Waals surface area contributed by atoms with Gasteiger partial charge in [-0.3, -0.25) is 0 Å². The molecule has 1 aliphatic rings. The second kappa shape index (κ2) is 3.39. The number of rotatable bonds is 0. The van der Waals surface area contributed by atoms with Gasteiger partial charge < -0.3 is 5.11 Å². The molecular weight excluding hydrogens is 200 g/mol. The molecule has 1 rings (SSSR count). The zero-order valence-electron chi connectivity index (χ0n) is 10.3. The SMILES string of the molecule is CC1=C(C#N)C(C)(C)[C@@](C)(C#N)C(O)=C1C. The number of nitrogens with zero attached hydrogens (tertiary/aromatic N) is 2. The summed E-state index contributed by atoms with van der Waals surface area (Å²) in [5, 5.41) is 28.6. The molecule has 0 aromatic rings. The molecule has 0 aromatic carbocycles. The summed E-state index contributed by atoms with van der Waals surface area (Å²) in [7, 11) is 0. The Balaban J connectivity index is 3.70. The van der Waals surface area contributed by atoms with Gasteiger partial charge in [0.1, 0.15) is 11.2 Å². The average molecular weight is 216 g/mol. The standard InChI is InChI=1S/C13H16N2O/c1-8-9(2)11(16)13(5,7-15)12(3,4)10(8)6-14/h16H,1-5H3/t13-/m0/s1. The van der Waals surface area contributed by atoms with Gasteiger partial charge in [0.2, 0.25) is 0 Å². The minimum absolute atomic E-state index is 0.0801. The molecule has 1 aliphatic carbocycles. The van der Waals surface area contributed by atoms with Gasteiger partial charge in [-0.2, -0.15) is 10.5 Å². The fourth-order valence-corrected chi connectivity index (χ4v) is 2.17. The molecule has 0 heterocycles. The summed E-state index contributed by atoms with van der Waals surface area (Å²) in [5.74, 6) is 0.0801. The van der Waals surface area contributed by atoms with E-state index < -0.39 is 10.8 Å². The van der Waals surface area contributed by atoms with Crippen LogP contribution < -0.4 is 0 Å². The Labute approximate surface area is 96.3 Å². The van der Waals surface area contributed by atoms with E-state index in [1.54, 1.807) is 13.8 Å². The zero-order valence-corrected chi connectivity index (χ0v) is 10.3. The molecule has 3 heteroatoms. The van der Waals surface area contributed by atoms with Crippen molar-refractivity contribution in [2.75, 3.05) is 0 Å². The van der Waals surface area contributed by atoms with E-state index in [1.165, 1.54) is 0 Å². The number of hydrogen-bond acceptors (Lipinski definition) is 3. The molecule has 0 radical (unpaired) electrons. The van der Waals surface area contributed by atoms with Crippen molar-refractivity contribution in [3.63, 3.8) is 0 Å². The monoisotopic (exact) mass is 216 g/mol. The lowest BCUT2D eigenvalue weighted by molar-refractivity contribution is 0.160. The maximum Gasteiger partial charge on any atom is 0.121 e. The van der Waals surface area contributed by atoms with Crippen molar-refractivity contribution in [2.24, 2.45) is 10.8 Å². The topological polar surface area (TPSA) is 67.8 Å². The van der Waals surface area contributed by atoms with Gasteiger partial charge in [-0.05, 0) is 31.9 Å². The van der Waals surface area contributed by atoms with E-state index in [4.69, 9.17) is 0 Å². The molecule has 0 aliphatic heterocycles. The summed E-state index contributed by atoms with van der Waals surface area (Å²) in [6.45, 7) is 8.87. The van der Waals surface area contributed by atoms with E-state index in [-0.39, 0.29) is 5.76 Å². The largest absolute Gasteiger partial charge is 0.510 e. The summed E-state index contributed by atoms with van der Waals surface area (Å²) < 4.78 is 0. The quantitative estimate of drug-likeness (QED) is 0.676. The highest BCUT2D eigenvalue weighted by Crippen LogP contribution is 2.53. The lowest BCUT2D eigenvalue weighted by Gasteiger charge is -2.42. The van der Waals surface area contributed by atoms with E-state index >= 15 is 0 Å². The number of aliphatic hydroxyl groups is 1. The molecule has 0 amide bonds. The first-order valence-electron chi connectivity index (χ1n) is 5.17. The lowest BCUT2D eigenvalue weighted by Crippen LogP contribution is -2.40. The Hall–Kier alpha value is -1.74. The third kappa shape index (κ3) is 1.18. The molecule has 16 heavy (non-hydrogen) atoms. The predicted molar refractivity (Wildman–Crippen MR) is 61.1 cm³/mol. The molecule has 0 aromatic heterocycles. The highest BCUT2D eigenvalue weighted by atomic mass is 16.3. The van der Waals surface area contributed by atoms with Crippen LogP contribution in [0.4, 0.5) is 0 Å². The number of aliphatic hydroxyl groups excluding tert-OH is 1. The molecule has 1 N–H and O–H groups in total. The number of hydrogen-bond donors (Lipinski definition) is 1. The molecule has 84 valence electrons. The smallest absolute Gasteiger partial charge is 0.121 e. The van der Waals surface area contributed by atoms with Crippen LogP contribution in [0.3, 0.4) is 0 Å². The minimum atomic E-state index is -1.04. The van der Waals surface area contributed by atoms with Gasteiger partial charge in [0.15, 0.2) is 0 Å². The second-order valence-corrected chi connectivity index (χ2v) is 4.95. The van der Waals surface area contributed by atoms with Crippen LogP contribution in [-0.2, 0) is 0 Å². The molecule has 0 spiro atoms. The van der Waals surface area contributed by atoms with Crippen molar-refractivity contribution >= 4 is 0 Å². The predicted octanol–water partition coefficient (Wildman–Crippen LogP) is 3.23. The normalized spacial score (nSPS) is 28.7. The zero-order chi connectivity index (χ0) is 12.7. The molecular formula is C13H16N2O. The van der Waals surface area contributed by atoms with Crippen LogP contribution in [0.5, 0.6) is 0 Å². The van der Waals surface area contributed by atoms with Gasteiger partial charge in [-0.1, -0.05) is 13.8 Å². The molecule has 1 atom stereocenters. The summed E-state index contributed by atoms with van der Waals surface area (Å²) in [6, 6.07) is 4.31. The van der Waals surface area contributed by atoms with Crippen LogP contribution in [0.2, 0.25) is 0 Å². The van der Waals surface area contributed by atoms with Gasteiger partial charge in [0.05, 0.1) is 12.1 Å². The highest BCUT2D eigenvalue weighted by Gasteiger charge is 2.51. The van der Waals surface area contributed by atoms with Crippen molar-refractivity contribution < 1.29 is 5.11 Å². The summed E-state index contributed by atoms with van der Waals surface area (Å²) >= 11 is 0. The second-order valence-electron chi connectivity index (χ2n) is 4.95. The maximum atomic E-state index is 10.1. The van der Waals surface area contributed by atoms with E-state index in [0.717, 1.165) is 5.57 Å². The fraction of sp³-hybridized carbons (Fsp3) is 0.538. The molecule has 0 fully saturated rings. The molecule has 0 saturated carbocycles. The Morgan fingerprint density at radius 2 is 1.56 bits per heavy atom. The third-order valence-electron chi connectivity index (χ3n) is 3.98. The van der Waals surface area contributed by atoms with Crippen LogP contribution in [0, 0.1) is 33.5 Å². The first-order valence-corrected chi connectivity index (χ1v) is 5.17. The number of nitriles is 2. The molecule has 0 bridgehead atoms. The number of allylic oxidation sites excluding steroid dienone is 4. The molecule has 0 saturated heterocycles. The van der Waals surface area contributed by atoms with Gasteiger partial charge in [-0.25, -0.2) is 0 Å². The van der Waals surface area contributed by atoms with Crippen molar-refractivity contribution in [3.05, 3.63) is 22.5 Å². The summed E-state index contributed by atoms with van der Waals surface area (Å²) in [6.07, 6.45) is 0. The highest BCUT2D eigenvalue weighted by molar-refractivity contribution is 5.52. The molecule has 0 unspecified atom stereocenters. The van der Waals surface area contributed by atoms with E-state index in [0.29, 0.717) is 11.1 Å². The fourth-order valence-electron chi connectivity index (χ4n) is 2.17. The lowest BCUT2D eigenvalue weighted by atomic mass is 9.58. The van der Waals surface area contributed by atoms with E-state index in [2.05, 4.69) is 12.1 Å². The first-order chi connectivity index (χ1) is 7.24. The van der Waals surface area contributed by atoms with Crippen LogP contribution in [-0.4, -0.2) is 5.11 Å². The average Bonchev–Trinajstić information content (AvgIpc) is 2.24. The van der Waals surface area contributed by atoms with Gasteiger partial charge in [0, 0.05) is 11.0 Å². The summed E-state index contributed by atoms with van der Waals surface area (Å²) in [4.78, 5) is 0.